The standard InChI is InChI=1S/C52H66F3N7O5Si/c1-30(2)68(31(3)4,32(5)6)20-17-38-41(54)16-13-33-21-37(66-29-64-11)22-39(42(33)38)43-45(55)47-44(40-27-59(10)58-46(40)43)48(57-49(56-47)65-28-52-18-12-19-61(52)24-34(53)23-52)60-25-35-14-15-36(26-60)62(35)50(63)67-51(7,8)9/h13,16,21-22,27,30-32,34-36H,12,14-15,18-19,23-26,28-29H2,1-11H3/t34-,35-,36+,52+/m1/s1. The Morgan fingerprint density at radius 3 is 2.32 bits per heavy atom. The fourth-order valence-electron chi connectivity index (χ4n) is 12.3. The highest BCUT2D eigenvalue weighted by Gasteiger charge is 2.50. The number of piperazine rings is 1. The molecule has 0 aliphatic carbocycles. The summed E-state index contributed by atoms with van der Waals surface area (Å²) < 4.78 is 75.7. The number of aryl methyl sites for hydroxylation is 1. The van der Waals surface area contributed by atoms with Gasteiger partial charge in [0.25, 0.3) is 0 Å². The molecule has 0 radical (unpaired) electrons. The first-order valence-electron chi connectivity index (χ1n) is 24.3. The van der Waals surface area contributed by atoms with Gasteiger partial charge in [-0.25, -0.2) is 18.0 Å². The summed E-state index contributed by atoms with van der Waals surface area (Å²) in [5.74, 6) is 3.00. The predicted molar refractivity (Wildman–Crippen MR) is 263 cm³/mol. The molecule has 4 saturated heterocycles. The molecule has 5 aromatic rings. The van der Waals surface area contributed by atoms with Crippen molar-refractivity contribution in [2.45, 2.75) is 140 Å². The molecule has 2 aromatic heterocycles. The third-order valence-corrected chi connectivity index (χ3v) is 21.5. The predicted octanol–water partition coefficient (Wildman–Crippen LogP) is 10.7. The largest absolute Gasteiger partial charge is 0.468 e. The molecule has 364 valence electrons. The molecule has 0 saturated carbocycles. The van der Waals surface area contributed by atoms with Crippen LogP contribution in [0.15, 0.2) is 30.5 Å². The van der Waals surface area contributed by atoms with Crippen LogP contribution >= 0.6 is 0 Å². The van der Waals surface area contributed by atoms with Crippen LogP contribution in [0.5, 0.6) is 11.8 Å². The first kappa shape index (κ1) is 47.9. The fraction of sp³-hybridized carbons (Fsp3) is 0.577. The summed E-state index contributed by atoms with van der Waals surface area (Å²) in [5, 5.41) is 6.96. The molecule has 4 atom stereocenters. The minimum absolute atomic E-state index is 0.00997. The molecule has 0 N–H and O–H groups in total. The number of amides is 1. The summed E-state index contributed by atoms with van der Waals surface area (Å²) in [6, 6.07) is 6.17. The van der Waals surface area contributed by atoms with Gasteiger partial charge in [-0.05, 0) is 98.8 Å². The van der Waals surface area contributed by atoms with E-state index in [0.717, 1.165) is 32.2 Å². The SMILES string of the molecule is COCOc1cc(-c2c(F)c3nc(OC[C@@]45CCCN4C[C@H](F)C5)nc(N4C[C@H]5CC[C@@H](C4)N5C(=O)OC(C)(C)C)c3c3cn(C)nc23)c2c(C#C[Si](C(C)C)(C(C)C)C(C)C)c(F)ccc2c1. The molecule has 68 heavy (non-hydrogen) atoms. The Kier molecular flexibility index (Phi) is 12.7. The van der Waals surface area contributed by atoms with Gasteiger partial charge in [0.1, 0.15) is 54.9 Å². The lowest BCUT2D eigenvalue weighted by Gasteiger charge is -2.42. The zero-order valence-corrected chi connectivity index (χ0v) is 42.4. The highest BCUT2D eigenvalue weighted by Crippen LogP contribution is 2.47. The van der Waals surface area contributed by atoms with Crippen molar-refractivity contribution in [3.8, 4) is 34.4 Å². The van der Waals surface area contributed by atoms with Crippen molar-refractivity contribution in [3.05, 3.63) is 47.7 Å². The Labute approximate surface area is 398 Å². The van der Waals surface area contributed by atoms with Gasteiger partial charge in [0, 0.05) is 62.7 Å². The van der Waals surface area contributed by atoms with Crippen LogP contribution in [0, 0.1) is 23.1 Å². The molecule has 2 bridgehead atoms. The smallest absolute Gasteiger partial charge is 0.410 e. The third kappa shape index (κ3) is 8.33. The van der Waals surface area contributed by atoms with Crippen molar-refractivity contribution in [1.82, 2.24) is 29.5 Å². The van der Waals surface area contributed by atoms with E-state index in [-0.39, 0.29) is 70.9 Å². The average Bonchev–Trinajstić information content (AvgIpc) is 4.00. The van der Waals surface area contributed by atoms with Crippen LogP contribution in [-0.2, 0) is 16.5 Å². The molecule has 16 heteroatoms. The first-order chi connectivity index (χ1) is 32.2. The van der Waals surface area contributed by atoms with Gasteiger partial charge >= 0.3 is 12.1 Å². The Morgan fingerprint density at radius 1 is 0.956 bits per heavy atom. The summed E-state index contributed by atoms with van der Waals surface area (Å²) in [6.45, 7) is 20.8. The molecule has 4 fully saturated rings. The number of hydrogen-bond acceptors (Lipinski definition) is 10. The highest BCUT2D eigenvalue weighted by molar-refractivity contribution is 6.90. The van der Waals surface area contributed by atoms with Crippen LogP contribution < -0.4 is 14.4 Å². The number of ether oxygens (including phenoxy) is 4. The molecule has 1 amide bonds. The number of aromatic nitrogens is 4. The van der Waals surface area contributed by atoms with E-state index >= 15 is 8.78 Å². The Hall–Kier alpha value is -5.11. The van der Waals surface area contributed by atoms with Crippen LogP contribution in [0.4, 0.5) is 23.8 Å². The van der Waals surface area contributed by atoms with Gasteiger partial charge in [-0.15, -0.1) is 5.54 Å². The summed E-state index contributed by atoms with van der Waals surface area (Å²) >= 11 is 0. The summed E-state index contributed by atoms with van der Waals surface area (Å²) in [6.07, 6.45) is 4.06. The van der Waals surface area contributed by atoms with Crippen molar-refractivity contribution in [3.63, 3.8) is 0 Å². The van der Waals surface area contributed by atoms with Crippen molar-refractivity contribution < 1.29 is 36.9 Å². The van der Waals surface area contributed by atoms with Crippen LogP contribution in [-0.4, -0.2) is 120 Å². The van der Waals surface area contributed by atoms with Crippen LogP contribution in [0.1, 0.15) is 100.0 Å². The van der Waals surface area contributed by atoms with E-state index in [9.17, 15) is 9.18 Å². The van der Waals surface area contributed by atoms with Gasteiger partial charge in [-0.3, -0.25) is 14.5 Å². The lowest BCUT2D eigenvalue weighted by molar-refractivity contribution is 0.0122. The van der Waals surface area contributed by atoms with Crippen LogP contribution in [0.2, 0.25) is 16.6 Å². The number of carbonyl (C=O) groups is 1. The molecular formula is C52H66F3N7O5Si. The van der Waals surface area contributed by atoms with Crippen molar-refractivity contribution in [2.24, 2.45) is 7.05 Å². The van der Waals surface area contributed by atoms with Crippen LogP contribution in [0.25, 0.3) is 43.7 Å². The van der Waals surface area contributed by atoms with Gasteiger partial charge in [0.05, 0.1) is 28.6 Å². The number of benzene rings is 3. The van der Waals surface area contributed by atoms with Crippen LogP contribution in [0.3, 0.4) is 0 Å². The maximum absolute atomic E-state index is 18.6. The zero-order chi connectivity index (χ0) is 48.6. The lowest BCUT2D eigenvalue weighted by atomic mass is 9.91. The molecule has 0 spiro atoms. The lowest BCUT2D eigenvalue weighted by Crippen LogP contribution is -2.57. The van der Waals surface area contributed by atoms with E-state index < -0.39 is 37.0 Å². The summed E-state index contributed by atoms with van der Waals surface area (Å²) in [4.78, 5) is 29.7. The van der Waals surface area contributed by atoms with E-state index in [1.165, 1.54) is 13.2 Å². The van der Waals surface area contributed by atoms with Crippen molar-refractivity contribution >= 4 is 52.6 Å². The van der Waals surface area contributed by atoms with Crippen molar-refractivity contribution in [2.75, 3.05) is 51.6 Å². The minimum Gasteiger partial charge on any atom is -0.468 e. The second-order valence-electron chi connectivity index (χ2n) is 21.5. The minimum atomic E-state index is -2.37. The molecular weight excluding hydrogens is 888 g/mol. The third-order valence-electron chi connectivity index (χ3n) is 15.2. The zero-order valence-electron chi connectivity index (χ0n) is 41.4. The maximum Gasteiger partial charge on any atom is 0.410 e. The number of rotatable bonds is 11. The Morgan fingerprint density at radius 2 is 1.66 bits per heavy atom. The topological polar surface area (TPSA) is 107 Å². The van der Waals surface area contributed by atoms with E-state index in [0.29, 0.717) is 70.2 Å². The van der Waals surface area contributed by atoms with Gasteiger partial charge in [-0.1, -0.05) is 53.5 Å². The Bertz CT molecular complexity index is 2800. The van der Waals surface area contributed by atoms with Crippen molar-refractivity contribution in [1.29, 1.82) is 0 Å². The number of fused-ring (bicyclic) bond motifs is 7. The van der Waals surface area contributed by atoms with E-state index in [1.54, 1.807) is 29.9 Å². The average molecular weight is 954 g/mol. The number of methoxy groups -OCH3 is 1. The monoisotopic (exact) mass is 953 g/mol. The second-order valence-corrected chi connectivity index (χ2v) is 27.1. The molecule has 0 unspecified atom stereocenters. The van der Waals surface area contributed by atoms with Gasteiger partial charge in [-0.2, -0.15) is 15.1 Å². The maximum atomic E-state index is 18.6. The number of halogens is 3. The summed E-state index contributed by atoms with van der Waals surface area (Å²) in [5.41, 5.74) is 4.31. The normalized spacial score (nSPS) is 22.0. The number of nitrogens with zero attached hydrogens (tertiary/aromatic N) is 7. The van der Waals surface area contributed by atoms with Gasteiger partial charge in [0.2, 0.25) is 0 Å². The van der Waals surface area contributed by atoms with E-state index in [1.807, 2.05) is 31.9 Å². The second kappa shape index (κ2) is 18.0. The molecule has 9 rings (SSSR count). The fourth-order valence-corrected chi connectivity index (χ4v) is 17.5. The highest BCUT2D eigenvalue weighted by atomic mass is 28.3. The van der Waals surface area contributed by atoms with Gasteiger partial charge in [0.15, 0.2) is 12.6 Å². The van der Waals surface area contributed by atoms with E-state index in [2.05, 4.69) is 62.8 Å². The Balaban J connectivity index is 1.28. The quantitative estimate of drug-likeness (QED) is 0.0722. The molecule has 4 aliphatic heterocycles. The first-order valence-corrected chi connectivity index (χ1v) is 26.5. The molecule has 6 heterocycles. The molecule has 12 nitrogen and oxygen atoms in total. The number of alkyl halides is 1. The number of carbonyl (C=O) groups excluding carboxylic acids is 1. The summed E-state index contributed by atoms with van der Waals surface area (Å²) in [7, 11) is 0.929. The number of hydrogen-bond donors (Lipinski definition) is 0. The van der Waals surface area contributed by atoms with E-state index in [4.69, 9.17) is 34.0 Å². The molecule has 4 aliphatic rings. The molecule has 3 aromatic carbocycles. The number of anilines is 1. The van der Waals surface area contributed by atoms with Gasteiger partial charge < -0.3 is 23.8 Å².